The lowest BCUT2D eigenvalue weighted by molar-refractivity contribution is -0.120. The molecule has 1 atom stereocenters. The summed E-state index contributed by atoms with van der Waals surface area (Å²) in [6.07, 6.45) is 0. The second kappa shape index (κ2) is 8.76. The Morgan fingerprint density at radius 1 is 1.07 bits per heavy atom. The Balaban J connectivity index is 2.43. The number of nitrogens with zero attached hydrogens (tertiary/aromatic N) is 1. The average Bonchev–Trinajstić information content (AvgIpc) is 2.60. The van der Waals surface area contributed by atoms with Crippen LogP contribution in [-0.2, 0) is 14.8 Å². The molecule has 5 nitrogen and oxygen atoms in total. The van der Waals surface area contributed by atoms with Gasteiger partial charge >= 0.3 is 0 Å². The van der Waals surface area contributed by atoms with Crippen LogP contribution in [0.1, 0.15) is 26.3 Å². The number of rotatable bonds is 7. The molecular formula is C20H25ClN2O3S. The van der Waals surface area contributed by atoms with Crippen molar-refractivity contribution in [2.75, 3.05) is 10.8 Å². The predicted octanol–water partition coefficient (Wildman–Crippen LogP) is 4.00. The Bertz CT molecular complexity index is 896. The van der Waals surface area contributed by atoms with E-state index in [1.807, 2.05) is 39.8 Å². The van der Waals surface area contributed by atoms with Crippen molar-refractivity contribution in [1.29, 1.82) is 0 Å². The highest BCUT2D eigenvalue weighted by molar-refractivity contribution is 7.92. The van der Waals surface area contributed by atoms with E-state index < -0.39 is 10.0 Å². The minimum Gasteiger partial charge on any atom is -0.352 e. The quantitative estimate of drug-likeness (QED) is 0.752. The molecule has 7 heteroatoms. The summed E-state index contributed by atoms with van der Waals surface area (Å²) in [5, 5.41) is 3.31. The van der Waals surface area contributed by atoms with E-state index in [0.717, 1.165) is 9.87 Å². The fourth-order valence-corrected chi connectivity index (χ4v) is 4.08. The van der Waals surface area contributed by atoms with Crippen LogP contribution in [0.15, 0.2) is 53.4 Å². The van der Waals surface area contributed by atoms with E-state index in [4.69, 9.17) is 11.6 Å². The van der Waals surface area contributed by atoms with Crippen molar-refractivity contribution in [2.45, 2.75) is 38.6 Å². The minimum atomic E-state index is -3.93. The largest absolute Gasteiger partial charge is 0.352 e. The smallest absolute Gasteiger partial charge is 0.264 e. The van der Waals surface area contributed by atoms with Crippen molar-refractivity contribution >= 4 is 33.2 Å². The van der Waals surface area contributed by atoms with Gasteiger partial charge in [0.05, 0.1) is 10.6 Å². The van der Waals surface area contributed by atoms with Gasteiger partial charge < -0.3 is 5.32 Å². The third-order valence-corrected chi connectivity index (χ3v) is 6.49. The summed E-state index contributed by atoms with van der Waals surface area (Å²) in [5.41, 5.74) is 1.24. The van der Waals surface area contributed by atoms with Gasteiger partial charge in [-0.3, -0.25) is 9.10 Å². The highest BCUT2D eigenvalue weighted by atomic mass is 35.5. The summed E-state index contributed by atoms with van der Waals surface area (Å²) >= 11 is 5.88. The Kier molecular flexibility index (Phi) is 6.89. The Hall–Kier alpha value is -2.05. The summed E-state index contributed by atoms with van der Waals surface area (Å²) in [6.45, 7) is 7.40. The van der Waals surface area contributed by atoms with E-state index in [9.17, 15) is 13.2 Å². The van der Waals surface area contributed by atoms with Gasteiger partial charge in [0.25, 0.3) is 10.0 Å². The van der Waals surface area contributed by atoms with E-state index >= 15 is 0 Å². The first-order chi connectivity index (χ1) is 12.6. The van der Waals surface area contributed by atoms with Gasteiger partial charge in [-0.2, -0.15) is 0 Å². The molecule has 1 amide bonds. The minimum absolute atomic E-state index is 0.0607. The topological polar surface area (TPSA) is 66.5 Å². The molecule has 0 aromatic heterocycles. The first-order valence-electron chi connectivity index (χ1n) is 8.76. The van der Waals surface area contributed by atoms with Gasteiger partial charge in [0.2, 0.25) is 5.91 Å². The molecule has 0 saturated carbocycles. The third kappa shape index (κ3) is 5.23. The van der Waals surface area contributed by atoms with Gasteiger partial charge in [-0.25, -0.2) is 8.42 Å². The maximum Gasteiger partial charge on any atom is 0.264 e. The Morgan fingerprint density at radius 3 is 2.22 bits per heavy atom. The number of hydrogen-bond donors (Lipinski definition) is 1. The van der Waals surface area contributed by atoms with Crippen LogP contribution in [0, 0.1) is 12.8 Å². The predicted molar refractivity (Wildman–Crippen MR) is 110 cm³/mol. The fourth-order valence-electron chi connectivity index (χ4n) is 2.47. The van der Waals surface area contributed by atoms with Crippen molar-refractivity contribution in [1.82, 2.24) is 5.32 Å². The van der Waals surface area contributed by atoms with Gasteiger partial charge in [0, 0.05) is 11.1 Å². The fraction of sp³-hybridized carbons (Fsp3) is 0.350. The summed E-state index contributed by atoms with van der Waals surface area (Å²) in [4.78, 5) is 12.6. The van der Waals surface area contributed by atoms with Crippen molar-refractivity contribution in [3.63, 3.8) is 0 Å². The van der Waals surface area contributed by atoms with Gasteiger partial charge in [-0.1, -0.05) is 43.6 Å². The highest BCUT2D eigenvalue weighted by Crippen LogP contribution is 2.27. The van der Waals surface area contributed by atoms with Crippen LogP contribution in [0.2, 0.25) is 5.02 Å². The van der Waals surface area contributed by atoms with E-state index in [0.29, 0.717) is 10.7 Å². The summed E-state index contributed by atoms with van der Waals surface area (Å²) < 4.78 is 27.7. The second-order valence-electron chi connectivity index (χ2n) is 6.85. The zero-order valence-corrected chi connectivity index (χ0v) is 17.5. The van der Waals surface area contributed by atoms with Crippen molar-refractivity contribution in [3.8, 4) is 0 Å². The highest BCUT2D eigenvalue weighted by Gasteiger charge is 2.28. The number of amides is 1. The molecule has 27 heavy (non-hydrogen) atoms. The summed E-state index contributed by atoms with van der Waals surface area (Å²) in [5.74, 6) is -0.106. The molecule has 2 aromatic carbocycles. The molecule has 2 rings (SSSR count). The molecule has 0 saturated heterocycles. The number of para-hydroxylation sites is 1. The van der Waals surface area contributed by atoms with Crippen LogP contribution in [0.3, 0.4) is 0 Å². The van der Waals surface area contributed by atoms with Crippen LogP contribution in [-0.4, -0.2) is 26.9 Å². The molecule has 0 aliphatic carbocycles. The number of sulfonamides is 1. The molecule has 0 fully saturated rings. The van der Waals surface area contributed by atoms with Crippen LogP contribution in [0.5, 0.6) is 0 Å². The molecule has 146 valence electrons. The van der Waals surface area contributed by atoms with Crippen LogP contribution >= 0.6 is 11.6 Å². The number of benzene rings is 2. The normalized spacial score (nSPS) is 12.7. The average molecular weight is 409 g/mol. The lowest BCUT2D eigenvalue weighted by atomic mass is 10.1. The number of anilines is 1. The van der Waals surface area contributed by atoms with E-state index in [-0.39, 0.29) is 29.3 Å². The lowest BCUT2D eigenvalue weighted by Gasteiger charge is -2.27. The molecule has 0 bridgehead atoms. The molecular weight excluding hydrogens is 384 g/mol. The standard InChI is InChI=1S/C20H25ClN2O3S/c1-14(2)16(4)22-20(24)13-23(19-8-6-5-7-15(19)3)27(25,26)18-11-9-17(21)10-12-18/h5-12,14,16H,13H2,1-4H3,(H,22,24)/t16-/m0/s1. The van der Waals surface area contributed by atoms with Gasteiger partial charge in [0.1, 0.15) is 6.54 Å². The molecule has 0 aliphatic heterocycles. The molecule has 1 N–H and O–H groups in total. The SMILES string of the molecule is Cc1ccccc1N(CC(=O)N[C@@H](C)C(C)C)S(=O)(=O)c1ccc(Cl)cc1. The monoisotopic (exact) mass is 408 g/mol. The van der Waals surface area contributed by atoms with Crippen LogP contribution in [0.25, 0.3) is 0 Å². The molecule has 0 radical (unpaired) electrons. The first kappa shape index (κ1) is 21.3. The lowest BCUT2D eigenvalue weighted by Crippen LogP contribution is -2.45. The third-order valence-electron chi connectivity index (χ3n) is 4.46. The summed E-state index contributed by atoms with van der Waals surface area (Å²) in [7, 11) is -3.93. The van der Waals surface area contributed by atoms with Crippen LogP contribution < -0.4 is 9.62 Å². The molecule has 0 heterocycles. The van der Waals surface area contributed by atoms with E-state index in [1.165, 1.54) is 24.3 Å². The zero-order valence-electron chi connectivity index (χ0n) is 15.9. The molecule has 2 aromatic rings. The number of aryl methyl sites for hydroxylation is 1. The van der Waals surface area contributed by atoms with Gasteiger partial charge in [-0.15, -0.1) is 0 Å². The maximum absolute atomic E-state index is 13.3. The van der Waals surface area contributed by atoms with E-state index in [2.05, 4.69) is 5.32 Å². The summed E-state index contributed by atoms with van der Waals surface area (Å²) in [6, 6.07) is 12.9. The number of carbonyl (C=O) groups is 1. The molecule has 0 spiro atoms. The molecule has 0 aliphatic rings. The zero-order chi connectivity index (χ0) is 20.2. The van der Waals surface area contributed by atoms with Crippen LogP contribution in [0.4, 0.5) is 5.69 Å². The maximum atomic E-state index is 13.3. The van der Waals surface area contributed by atoms with Gasteiger partial charge in [0.15, 0.2) is 0 Å². The molecule has 0 unspecified atom stereocenters. The number of nitrogens with one attached hydrogen (secondary N) is 1. The Labute approximate surface area is 166 Å². The Morgan fingerprint density at radius 2 is 1.67 bits per heavy atom. The van der Waals surface area contributed by atoms with Crippen molar-refractivity contribution in [2.24, 2.45) is 5.92 Å². The van der Waals surface area contributed by atoms with Crippen molar-refractivity contribution < 1.29 is 13.2 Å². The van der Waals surface area contributed by atoms with E-state index in [1.54, 1.807) is 12.1 Å². The number of hydrogen-bond acceptors (Lipinski definition) is 3. The van der Waals surface area contributed by atoms with Gasteiger partial charge in [-0.05, 0) is 55.7 Å². The number of halogens is 1. The first-order valence-corrected chi connectivity index (χ1v) is 10.6. The number of carbonyl (C=O) groups excluding carboxylic acids is 1. The second-order valence-corrected chi connectivity index (χ2v) is 9.15. The van der Waals surface area contributed by atoms with Crippen molar-refractivity contribution in [3.05, 3.63) is 59.1 Å².